The van der Waals surface area contributed by atoms with Gasteiger partial charge in [0, 0.05) is 24.9 Å². The summed E-state index contributed by atoms with van der Waals surface area (Å²) in [6, 6.07) is 1.47. The van der Waals surface area contributed by atoms with Gasteiger partial charge in [0.15, 0.2) is 0 Å². The van der Waals surface area contributed by atoms with Crippen LogP contribution in [-0.2, 0) is 0 Å². The summed E-state index contributed by atoms with van der Waals surface area (Å²) in [4.78, 5) is 18.3. The number of thiazole rings is 1. The van der Waals surface area contributed by atoms with E-state index in [-0.39, 0.29) is 0 Å². The molecule has 3 aromatic heterocycles. The van der Waals surface area contributed by atoms with Crippen molar-refractivity contribution < 1.29 is 15.3 Å². The van der Waals surface area contributed by atoms with Gasteiger partial charge in [0.25, 0.3) is 0 Å². The average molecular weight is 471 g/mol. The van der Waals surface area contributed by atoms with Gasteiger partial charge in [-0.2, -0.15) is 4.98 Å². The van der Waals surface area contributed by atoms with Crippen molar-refractivity contribution in [2.45, 2.75) is 63.9 Å². The van der Waals surface area contributed by atoms with Gasteiger partial charge in [-0.3, -0.25) is 4.98 Å². The van der Waals surface area contributed by atoms with E-state index in [0.29, 0.717) is 24.1 Å². The number of aliphatic hydroxyl groups is 3. The second-order valence-corrected chi connectivity index (χ2v) is 10.8. The van der Waals surface area contributed by atoms with E-state index in [4.69, 9.17) is 9.97 Å². The fraction of sp³-hybridized carbons (Fsp3) is 0.565. The summed E-state index contributed by atoms with van der Waals surface area (Å²) in [6.07, 6.45) is 4.30. The highest BCUT2D eigenvalue weighted by molar-refractivity contribution is 7.21. The topological polar surface area (TPSA) is 136 Å². The van der Waals surface area contributed by atoms with Crippen LogP contribution in [0.15, 0.2) is 18.5 Å². The SMILES string of the molecule is Cc1nccc2sc(-c3cnc(NCC4CC4)nc3NC3CC(C(C)(C)O)C(O)C3O)nc12. The number of aliphatic hydroxyl groups excluding tert-OH is 2. The molecule has 5 rings (SSSR count). The second kappa shape index (κ2) is 8.43. The number of anilines is 2. The maximum absolute atomic E-state index is 10.7. The Balaban J connectivity index is 1.49. The number of nitrogens with zero attached hydrogens (tertiary/aromatic N) is 4. The first-order chi connectivity index (χ1) is 15.7. The third-order valence-corrected chi connectivity index (χ3v) is 7.72. The van der Waals surface area contributed by atoms with Gasteiger partial charge in [0.05, 0.1) is 33.7 Å². The molecule has 2 aliphatic carbocycles. The fourth-order valence-corrected chi connectivity index (χ4v) is 5.47. The van der Waals surface area contributed by atoms with E-state index in [1.54, 1.807) is 26.2 Å². The lowest BCUT2D eigenvalue weighted by atomic mass is 9.88. The highest BCUT2D eigenvalue weighted by Crippen LogP contribution is 2.39. The Kier molecular flexibility index (Phi) is 5.72. The van der Waals surface area contributed by atoms with Gasteiger partial charge in [-0.05, 0) is 52.0 Å². The molecule has 3 aromatic rings. The molecule has 5 N–H and O–H groups in total. The van der Waals surface area contributed by atoms with Crippen molar-refractivity contribution in [1.29, 1.82) is 0 Å². The molecule has 0 spiro atoms. The zero-order valence-corrected chi connectivity index (χ0v) is 19.8. The fourth-order valence-electron chi connectivity index (χ4n) is 4.44. The molecule has 0 saturated heterocycles. The molecule has 0 amide bonds. The maximum Gasteiger partial charge on any atom is 0.224 e. The smallest absolute Gasteiger partial charge is 0.224 e. The Bertz CT molecular complexity index is 1160. The minimum atomic E-state index is -1.11. The molecule has 2 saturated carbocycles. The van der Waals surface area contributed by atoms with E-state index in [1.807, 2.05) is 13.0 Å². The van der Waals surface area contributed by atoms with Gasteiger partial charge in [-0.1, -0.05) is 0 Å². The molecule has 0 aromatic carbocycles. The van der Waals surface area contributed by atoms with Crippen molar-refractivity contribution in [3.8, 4) is 10.6 Å². The molecule has 176 valence electrons. The van der Waals surface area contributed by atoms with Crippen molar-refractivity contribution >= 4 is 33.3 Å². The summed E-state index contributed by atoms with van der Waals surface area (Å²) >= 11 is 1.53. The Morgan fingerprint density at radius 3 is 2.61 bits per heavy atom. The van der Waals surface area contributed by atoms with Gasteiger partial charge in [-0.15, -0.1) is 11.3 Å². The maximum atomic E-state index is 10.7. The molecule has 2 fully saturated rings. The number of nitrogens with one attached hydrogen (secondary N) is 2. The molecule has 33 heavy (non-hydrogen) atoms. The summed E-state index contributed by atoms with van der Waals surface area (Å²) in [5.41, 5.74) is 1.31. The summed E-state index contributed by atoms with van der Waals surface area (Å²) in [5, 5.41) is 39.1. The quantitative estimate of drug-likeness (QED) is 0.353. The van der Waals surface area contributed by atoms with Crippen LogP contribution >= 0.6 is 11.3 Å². The van der Waals surface area contributed by atoms with E-state index in [2.05, 4.69) is 20.6 Å². The molecule has 9 nitrogen and oxygen atoms in total. The van der Waals surface area contributed by atoms with Crippen LogP contribution in [0.4, 0.5) is 11.8 Å². The Morgan fingerprint density at radius 2 is 1.94 bits per heavy atom. The lowest BCUT2D eigenvalue weighted by Crippen LogP contribution is -2.40. The van der Waals surface area contributed by atoms with E-state index in [1.165, 1.54) is 24.2 Å². The molecule has 10 heteroatoms. The highest BCUT2D eigenvalue weighted by atomic mass is 32.1. The van der Waals surface area contributed by atoms with Gasteiger partial charge >= 0.3 is 0 Å². The standard InChI is InChI=1S/C23H30N6O3S/c1-11-17-16(6-7-24-11)33-21(28-17)13-10-26-22(25-9-12-4-5-12)29-20(13)27-15-8-14(23(2,3)32)18(30)19(15)31/h6-7,10,12,14-15,18-19,30-32H,4-5,8-9H2,1-3H3,(H2,25,26,27,29). The van der Waals surface area contributed by atoms with Crippen LogP contribution in [0.25, 0.3) is 20.8 Å². The zero-order chi connectivity index (χ0) is 23.3. The first kappa shape index (κ1) is 22.4. The van der Waals surface area contributed by atoms with Crippen LogP contribution < -0.4 is 10.6 Å². The number of hydrogen-bond donors (Lipinski definition) is 5. The van der Waals surface area contributed by atoms with Crippen LogP contribution in [0, 0.1) is 18.8 Å². The largest absolute Gasteiger partial charge is 0.390 e. The average Bonchev–Trinajstić information content (AvgIpc) is 3.42. The van der Waals surface area contributed by atoms with Gasteiger partial charge < -0.3 is 26.0 Å². The monoisotopic (exact) mass is 470 g/mol. The molecular weight excluding hydrogens is 440 g/mol. The molecule has 0 bridgehead atoms. The third kappa shape index (κ3) is 4.52. The number of pyridine rings is 1. The first-order valence-electron chi connectivity index (χ1n) is 11.4. The lowest BCUT2D eigenvalue weighted by Gasteiger charge is -2.28. The summed E-state index contributed by atoms with van der Waals surface area (Å²) in [6.45, 7) is 6.07. The third-order valence-electron chi connectivity index (χ3n) is 6.67. The Hall–Kier alpha value is -2.40. The van der Waals surface area contributed by atoms with Crippen LogP contribution in [0.5, 0.6) is 0 Å². The number of aryl methyl sites for hydroxylation is 1. The Morgan fingerprint density at radius 1 is 1.15 bits per heavy atom. The van der Waals surface area contributed by atoms with Crippen molar-refractivity contribution in [3.05, 3.63) is 24.2 Å². The molecule has 3 heterocycles. The van der Waals surface area contributed by atoms with Crippen molar-refractivity contribution in [2.75, 3.05) is 17.2 Å². The van der Waals surface area contributed by atoms with Crippen molar-refractivity contribution in [1.82, 2.24) is 19.9 Å². The van der Waals surface area contributed by atoms with E-state index >= 15 is 0 Å². The summed E-state index contributed by atoms with van der Waals surface area (Å²) in [5.74, 6) is 1.27. The van der Waals surface area contributed by atoms with Crippen molar-refractivity contribution in [2.24, 2.45) is 11.8 Å². The minimum Gasteiger partial charge on any atom is -0.390 e. The second-order valence-electron chi connectivity index (χ2n) is 9.77. The van der Waals surface area contributed by atoms with Crippen LogP contribution in [-0.4, -0.2) is 65.7 Å². The summed E-state index contributed by atoms with van der Waals surface area (Å²) in [7, 11) is 0. The predicted molar refractivity (Wildman–Crippen MR) is 128 cm³/mol. The van der Waals surface area contributed by atoms with Gasteiger partial charge in [0.2, 0.25) is 5.95 Å². The Labute approximate surface area is 196 Å². The molecule has 0 radical (unpaired) electrons. The zero-order valence-electron chi connectivity index (χ0n) is 19.0. The number of fused-ring (bicyclic) bond motifs is 1. The minimum absolute atomic E-state index is 0.406. The molecule has 0 aliphatic heterocycles. The van der Waals surface area contributed by atoms with Crippen LogP contribution in [0.2, 0.25) is 0 Å². The van der Waals surface area contributed by atoms with Gasteiger partial charge in [0.1, 0.15) is 22.4 Å². The molecule has 4 unspecified atom stereocenters. The van der Waals surface area contributed by atoms with E-state index in [9.17, 15) is 15.3 Å². The lowest BCUT2D eigenvalue weighted by molar-refractivity contribution is -0.0601. The first-order valence-corrected chi connectivity index (χ1v) is 12.2. The normalized spacial score (nSPS) is 25.5. The van der Waals surface area contributed by atoms with Gasteiger partial charge in [-0.25, -0.2) is 9.97 Å². The molecular formula is C23H30N6O3S. The van der Waals surface area contributed by atoms with Crippen LogP contribution in [0.1, 0.15) is 38.8 Å². The van der Waals surface area contributed by atoms with Crippen molar-refractivity contribution in [3.63, 3.8) is 0 Å². The molecule has 4 atom stereocenters. The predicted octanol–water partition coefficient (Wildman–Crippen LogP) is 2.57. The number of hydrogen-bond acceptors (Lipinski definition) is 10. The summed E-state index contributed by atoms with van der Waals surface area (Å²) < 4.78 is 1.03. The van der Waals surface area contributed by atoms with E-state index < -0.39 is 29.8 Å². The van der Waals surface area contributed by atoms with Crippen LogP contribution in [0.3, 0.4) is 0 Å². The number of aromatic nitrogens is 4. The molecule has 2 aliphatic rings. The number of rotatable bonds is 7. The highest BCUT2D eigenvalue weighted by Gasteiger charge is 2.47. The van der Waals surface area contributed by atoms with E-state index in [0.717, 1.165) is 33.0 Å².